The largest absolute Gasteiger partial charge is 0.476 e. The lowest BCUT2D eigenvalue weighted by Crippen LogP contribution is -2.46. The number of fused-ring (bicyclic) bond motifs is 1. The van der Waals surface area contributed by atoms with Gasteiger partial charge in [0.2, 0.25) is 0 Å². The molecule has 1 fully saturated rings. The Hall–Kier alpha value is -3.50. The summed E-state index contributed by atoms with van der Waals surface area (Å²) in [7, 11) is 1.25. The molecule has 0 spiro atoms. The van der Waals surface area contributed by atoms with Crippen LogP contribution >= 0.6 is 11.3 Å². The zero-order valence-electron chi connectivity index (χ0n) is 13.9. The third kappa shape index (κ3) is 3.18. The quantitative estimate of drug-likeness (QED) is 0.398. The molecule has 1 saturated heterocycles. The average Bonchev–Trinajstić information content (AvgIpc) is 3.28. The van der Waals surface area contributed by atoms with Crippen molar-refractivity contribution >= 4 is 40.0 Å². The Labute approximate surface area is 156 Å². The van der Waals surface area contributed by atoms with Crippen molar-refractivity contribution in [3.8, 4) is 6.07 Å². The summed E-state index contributed by atoms with van der Waals surface area (Å²) in [6.07, 6.45) is 0. The number of nitrogens with zero attached hydrogens (tertiary/aromatic N) is 5. The molecule has 3 rings (SSSR count). The van der Waals surface area contributed by atoms with Crippen LogP contribution in [0.1, 0.15) is 5.69 Å². The Balaban J connectivity index is 1.80. The molecule has 2 aliphatic rings. The van der Waals surface area contributed by atoms with Gasteiger partial charge in [0.25, 0.3) is 11.8 Å². The number of hydrogen-bond donors (Lipinski definition) is 3. The van der Waals surface area contributed by atoms with E-state index in [9.17, 15) is 19.5 Å². The van der Waals surface area contributed by atoms with E-state index in [1.165, 1.54) is 17.5 Å². The lowest BCUT2D eigenvalue weighted by atomic mass is 10.2. The highest BCUT2D eigenvalue weighted by atomic mass is 32.1. The Morgan fingerprint density at radius 3 is 2.89 bits per heavy atom. The van der Waals surface area contributed by atoms with Crippen LogP contribution < -0.4 is 11.1 Å². The lowest BCUT2D eigenvalue weighted by Gasteiger charge is -2.18. The van der Waals surface area contributed by atoms with Gasteiger partial charge in [-0.25, -0.2) is 19.8 Å². The molecule has 1 aromatic rings. The first-order valence-electron chi connectivity index (χ1n) is 7.46. The first kappa shape index (κ1) is 18.3. The Kier molecular flexibility index (Phi) is 4.75. The fourth-order valence-electron chi connectivity index (χ4n) is 2.76. The molecule has 13 heteroatoms. The number of amides is 2. The highest BCUT2D eigenvalue weighted by molar-refractivity contribution is 7.13. The first-order chi connectivity index (χ1) is 12.9. The van der Waals surface area contributed by atoms with Gasteiger partial charge in [-0.3, -0.25) is 9.59 Å². The zero-order valence-corrected chi connectivity index (χ0v) is 14.7. The number of rotatable bonds is 5. The number of anilines is 1. The van der Waals surface area contributed by atoms with Crippen molar-refractivity contribution in [2.75, 3.05) is 25.9 Å². The molecule has 27 heavy (non-hydrogen) atoms. The number of nitrogens with two attached hydrogens (primary N) is 1. The van der Waals surface area contributed by atoms with Crippen LogP contribution in [-0.2, 0) is 19.2 Å². The Morgan fingerprint density at radius 1 is 1.59 bits per heavy atom. The van der Waals surface area contributed by atoms with Crippen molar-refractivity contribution in [2.24, 2.45) is 5.16 Å². The minimum absolute atomic E-state index is 0.00595. The predicted octanol–water partition coefficient (Wildman–Crippen LogP) is -1.50. The van der Waals surface area contributed by atoms with E-state index in [1.807, 2.05) is 0 Å². The molecule has 1 unspecified atom stereocenters. The number of nitriles is 1. The molecule has 0 bridgehead atoms. The van der Waals surface area contributed by atoms with Gasteiger partial charge in [0, 0.05) is 11.9 Å². The van der Waals surface area contributed by atoms with Gasteiger partial charge < -0.3 is 21.0 Å². The van der Waals surface area contributed by atoms with E-state index in [0.29, 0.717) is 0 Å². The zero-order chi connectivity index (χ0) is 19.7. The van der Waals surface area contributed by atoms with E-state index < -0.39 is 29.5 Å². The van der Waals surface area contributed by atoms with Crippen molar-refractivity contribution in [2.45, 2.75) is 6.04 Å². The van der Waals surface area contributed by atoms with E-state index in [-0.39, 0.29) is 35.2 Å². The summed E-state index contributed by atoms with van der Waals surface area (Å²) in [5.41, 5.74) is 5.13. The van der Waals surface area contributed by atoms with Gasteiger partial charge in [-0.2, -0.15) is 5.26 Å². The number of carbonyl (C=O) groups is 3. The number of oxime groups is 1. The second-order valence-corrected chi connectivity index (χ2v) is 6.35. The van der Waals surface area contributed by atoms with Gasteiger partial charge in [-0.15, -0.1) is 11.3 Å². The molecule has 1 aromatic heterocycles. The summed E-state index contributed by atoms with van der Waals surface area (Å²) < 4.78 is 0. The maximum Gasteiger partial charge on any atom is 0.355 e. The third-order valence-electron chi connectivity index (χ3n) is 3.83. The number of hydrogen-bond acceptors (Lipinski definition) is 10. The molecule has 0 radical (unpaired) electrons. The van der Waals surface area contributed by atoms with Crippen LogP contribution in [0.5, 0.6) is 0 Å². The van der Waals surface area contributed by atoms with Crippen LogP contribution in [0.3, 0.4) is 0 Å². The minimum atomic E-state index is -1.39. The van der Waals surface area contributed by atoms with Crippen LogP contribution in [0, 0.1) is 11.3 Å². The monoisotopic (exact) mass is 391 g/mol. The molecule has 0 aromatic carbocycles. The Morgan fingerprint density at radius 2 is 2.33 bits per heavy atom. The molecule has 2 amide bonds. The van der Waals surface area contributed by atoms with Gasteiger partial charge >= 0.3 is 5.97 Å². The van der Waals surface area contributed by atoms with Crippen LogP contribution in [-0.4, -0.2) is 69.8 Å². The fraction of sp³-hybridized carbons (Fsp3) is 0.286. The van der Waals surface area contributed by atoms with E-state index in [4.69, 9.17) is 11.0 Å². The van der Waals surface area contributed by atoms with Gasteiger partial charge in [0.15, 0.2) is 16.5 Å². The van der Waals surface area contributed by atoms with Crippen LogP contribution in [0.4, 0.5) is 5.13 Å². The molecule has 140 valence electrons. The number of nitrogens with one attached hydrogen (secondary N) is 1. The molecular weight excluding hydrogens is 378 g/mol. The summed E-state index contributed by atoms with van der Waals surface area (Å²) in [6.45, 7) is -0.0239. The molecule has 2 aliphatic heterocycles. The van der Waals surface area contributed by atoms with Crippen molar-refractivity contribution in [3.05, 3.63) is 22.3 Å². The number of carboxylic acid groups (broad SMARTS) is 1. The van der Waals surface area contributed by atoms with Gasteiger partial charge in [-0.05, 0) is 0 Å². The second-order valence-electron chi connectivity index (χ2n) is 5.46. The summed E-state index contributed by atoms with van der Waals surface area (Å²) >= 11 is 1.10. The highest BCUT2D eigenvalue weighted by Gasteiger charge is 2.48. The van der Waals surface area contributed by atoms with Crippen molar-refractivity contribution < 1.29 is 24.3 Å². The molecule has 4 N–H and O–H groups in total. The summed E-state index contributed by atoms with van der Waals surface area (Å²) in [5.74, 6) is -2.79. The van der Waals surface area contributed by atoms with E-state index in [1.54, 1.807) is 6.07 Å². The van der Waals surface area contributed by atoms with Gasteiger partial charge in [-0.1, -0.05) is 5.16 Å². The van der Waals surface area contributed by atoms with Gasteiger partial charge in [0.1, 0.15) is 18.8 Å². The lowest BCUT2D eigenvalue weighted by molar-refractivity contribution is -0.143. The minimum Gasteiger partial charge on any atom is -0.476 e. The third-order valence-corrected chi connectivity index (χ3v) is 4.50. The predicted molar refractivity (Wildman–Crippen MR) is 90.7 cm³/mol. The van der Waals surface area contributed by atoms with E-state index in [0.717, 1.165) is 16.3 Å². The molecular formula is C14H13N7O5S. The topological polar surface area (TPSA) is 174 Å². The Bertz CT molecular complexity index is 931. The van der Waals surface area contributed by atoms with Gasteiger partial charge in [0.05, 0.1) is 18.2 Å². The van der Waals surface area contributed by atoms with Crippen molar-refractivity contribution in [1.29, 1.82) is 5.26 Å². The molecule has 1 atom stereocenters. The van der Waals surface area contributed by atoms with Crippen LogP contribution in [0.25, 0.3) is 0 Å². The van der Waals surface area contributed by atoms with Crippen LogP contribution in [0.15, 0.2) is 21.8 Å². The summed E-state index contributed by atoms with van der Waals surface area (Å²) in [4.78, 5) is 45.1. The van der Waals surface area contributed by atoms with Crippen molar-refractivity contribution in [1.82, 2.24) is 20.3 Å². The SMILES string of the molecule is CO/N=C(/C(=O)NC1CN2CC(C#N)=C(C(=O)O)N2C1=O)c1csc(N)n1. The average molecular weight is 391 g/mol. The fourth-order valence-corrected chi connectivity index (χ4v) is 3.31. The smallest absolute Gasteiger partial charge is 0.355 e. The molecule has 12 nitrogen and oxygen atoms in total. The first-order valence-corrected chi connectivity index (χ1v) is 8.34. The molecule has 0 saturated carbocycles. The number of aliphatic carboxylic acids is 1. The van der Waals surface area contributed by atoms with Crippen molar-refractivity contribution in [3.63, 3.8) is 0 Å². The summed E-state index contributed by atoms with van der Waals surface area (Å²) in [5, 5.41) is 28.5. The van der Waals surface area contributed by atoms with Crippen LogP contribution in [0.2, 0.25) is 0 Å². The standard InChI is InChI=1S/C14H13N7O5S/c1-26-19-9(8-5-27-14(16)18-8)11(22)17-7-4-20-3-6(2-15)10(13(24)25)21(20)12(7)23/h5,7H,3-4H2,1H3,(H2,16,18)(H,17,22)(H,24,25)/b19-9+. The number of carbonyl (C=O) groups excluding carboxylic acids is 2. The van der Waals surface area contributed by atoms with E-state index in [2.05, 4.69) is 20.3 Å². The molecule has 3 heterocycles. The molecule has 0 aliphatic carbocycles. The van der Waals surface area contributed by atoms with E-state index >= 15 is 0 Å². The number of nitrogen functional groups attached to an aromatic ring is 1. The second kappa shape index (κ2) is 7.02. The number of carboxylic acids is 1. The highest BCUT2D eigenvalue weighted by Crippen LogP contribution is 2.29. The number of aromatic nitrogens is 1. The number of thiazole rings is 1. The normalized spacial score (nSPS) is 19.9. The maximum atomic E-state index is 12.6. The maximum absolute atomic E-state index is 12.6. The number of hydrazine groups is 1. The summed E-state index contributed by atoms with van der Waals surface area (Å²) in [6, 6.07) is 0.757.